The highest BCUT2D eigenvalue weighted by atomic mass is 32.2. The van der Waals surface area contributed by atoms with E-state index >= 15 is 0 Å². The molecule has 0 fully saturated rings. The van der Waals surface area contributed by atoms with Crippen LogP contribution in [-0.2, 0) is 0 Å². The van der Waals surface area contributed by atoms with E-state index in [1.165, 1.54) is 18.1 Å². The molecule has 0 bridgehead atoms. The molecular weight excluding hydrogens is 188 g/mol. The first-order valence-corrected chi connectivity index (χ1v) is 4.57. The van der Waals surface area contributed by atoms with Gasteiger partial charge in [-0.2, -0.15) is 0 Å². The molecule has 1 aliphatic rings. The lowest BCUT2D eigenvalue weighted by Gasteiger charge is -2.13. The third kappa shape index (κ3) is 1.43. The number of nitrogens with one attached hydrogen (secondary N) is 1. The number of aliphatic imine (C=N–C) groups is 1. The number of nitrogens with zero attached hydrogens (tertiary/aromatic N) is 3. The Morgan fingerprint density at radius 3 is 3.08 bits per heavy atom. The Hall–Kier alpha value is -1.34. The molecular formula is C6H8N6S. The van der Waals surface area contributed by atoms with Crippen LogP contribution in [0.5, 0.6) is 0 Å². The summed E-state index contributed by atoms with van der Waals surface area (Å²) in [7, 11) is 0. The van der Waals surface area contributed by atoms with Crippen molar-refractivity contribution in [3.8, 4) is 0 Å². The summed E-state index contributed by atoms with van der Waals surface area (Å²) in [5, 5.41) is 0.798. The smallest absolute Gasteiger partial charge is 0.154 e. The van der Waals surface area contributed by atoms with Crippen molar-refractivity contribution in [1.82, 2.24) is 15.4 Å². The summed E-state index contributed by atoms with van der Waals surface area (Å²) in [5.41, 5.74) is 8.71. The highest BCUT2D eigenvalue weighted by Crippen LogP contribution is 2.34. The number of hydrazine groups is 1. The van der Waals surface area contributed by atoms with Crippen molar-refractivity contribution in [2.24, 2.45) is 10.8 Å². The lowest BCUT2D eigenvalue weighted by Crippen LogP contribution is -2.32. The molecule has 0 saturated carbocycles. The largest absolute Gasteiger partial charge is 0.382 e. The van der Waals surface area contributed by atoms with Crippen LogP contribution in [0.1, 0.15) is 0 Å². The van der Waals surface area contributed by atoms with Gasteiger partial charge in [0.2, 0.25) is 0 Å². The Kier molecular flexibility index (Phi) is 2.03. The van der Waals surface area contributed by atoms with E-state index in [-0.39, 0.29) is 0 Å². The van der Waals surface area contributed by atoms with Crippen molar-refractivity contribution >= 4 is 29.1 Å². The highest BCUT2D eigenvalue weighted by molar-refractivity contribution is 8.00. The molecule has 0 atom stereocenters. The maximum absolute atomic E-state index is 5.62. The van der Waals surface area contributed by atoms with Crippen LogP contribution in [0.4, 0.5) is 11.5 Å². The minimum absolute atomic E-state index is 0.380. The number of hydrogen-bond donors (Lipinski definition) is 3. The zero-order valence-electron chi connectivity index (χ0n) is 6.69. The number of aromatic nitrogens is 2. The summed E-state index contributed by atoms with van der Waals surface area (Å²) < 4.78 is 0. The maximum Gasteiger partial charge on any atom is 0.154 e. The Morgan fingerprint density at radius 2 is 2.31 bits per heavy atom. The molecule has 0 aromatic carbocycles. The Bertz CT molecular complexity index is 362. The fraction of sp³-hybridized carbons (Fsp3) is 0.167. The van der Waals surface area contributed by atoms with Crippen LogP contribution in [0.25, 0.3) is 0 Å². The van der Waals surface area contributed by atoms with Crippen molar-refractivity contribution < 1.29 is 0 Å². The number of hydrogen-bond acceptors (Lipinski definition) is 7. The molecule has 6 nitrogen and oxygen atoms in total. The predicted molar refractivity (Wildman–Crippen MR) is 51.6 cm³/mol. The number of anilines is 1. The van der Waals surface area contributed by atoms with E-state index in [1.807, 2.05) is 0 Å². The molecule has 7 heteroatoms. The average Bonchev–Trinajstić information content (AvgIpc) is 2.18. The van der Waals surface area contributed by atoms with Crippen molar-refractivity contribution in [3.63, 3.8) is 0 Å². The summed E-state index contributed by atoms with van der Waals surface area (Å²) in [6, 6.07) is 0. The summed E-state index contributed by atoms with van der Waals surface area (Å²) in [6.07, 6.45) is 1.43. The quantitative estimate of drug-likeness (QED) is 0.298. The van der Waals surface area contributed by atoms with Gasteiger partial charge in [0.1, 0.15) is 22.9 Å². The fourth-order valence-corrected chi connectivity index (χ4v) is 1.79. The summed E-state index contributed by atoms with van der Waals surface area (Å²) in [6.45, 7) is 0. The van der Waals surface area contributed by atoms with Gasteiger partial charge >= 0.3 is 0 Å². The van der Waals surface area contributed by atoms with Crippen molar-refractivity contribution in [2.45, 2.75) is 5.03 Å². The van der Waals surface area contributed by atoms with Gasteiger partial charge in [-0.25, -0.2) is 20.8 Å². The van der Waals surface area contributed by atoms with Gasteiger partial charge in [-0.3, -0.25) is 0 Å². The van der Waals surface area contributed by atoms with Crippen LogP contribution in [-0.4, -0.2) is 21.6 Å². The van der Waals surface area contributed by atoms with Gasteiger partial charge in [-0.05, 0) is 0 Å². The van der Waals surface area contributed by atoms with Crippen molar-refractivity contribution in [3.05, 3.63) is 6.33 Å². The second-order valence-corrected chi connectivity index (χ2v) is 3.37. The second-order valence-electron chi connectivity index (χ2n) is 2.40. The van der Waals surface area contributed by atoms with E-state index in [0.717, 1.165) is 5.03 Å². The Balaban J connectivity index is 2.49. The molecule has 68 valence electrons. The number of fused-ring (bicyclic) bond motifs is 1. The first kappa shape index (κ1) is 8.27. The van der Waals surface area contributed by atoms with Gasteiger partial charge in [-0.1, -0.05) is 11.8 Å². The predicted octanol–water partition coefficient (Wildman–Crippen LogP) is -0.342. The molecule has 0 unspecified atom stereocenters. The number of nitrogens with two attached hydrogens (primary N) is 2. The zero-order valence-corrected chi connectivity index (χ0v) is 7.51. The Labute approximate surface area is 78.8 Å². The number of amidine groups is 1. The lowest BCUT2D eigenvalue weighted by molar-refractivity contribution is 0.991. The van der Waals surface area contributed by atoms with Gasteiger partial charge < -0.3 is 11.2 Å². The summed E-state index contributed by atoms with van der Waals surface area (Å²) in [5.74, 6) is 6.97. The van der Waals surface area contributed by atoms with Crippen LogP contribution in [0.2, 0.25) is 0 Å². The molecule has 0 amide bonds. The zero-order chi connectivity index (χ0) is 9.26. The van der Waals surface area contributed by atoms with Gasteiger partial charge in [0.05, 0.1) is 5.75 Å². The van der Waals surface area contributed by atoms with Crippen LogP contribution in [0.15, 0.2) is 16.3 Å². The van der Waals surface area contributed by atoms with E-state index < -0.39 is 0 Å². The average molecular weight is 196 g/mol. The van der Waals surface area contributed by atoms with E-state index in [2.05, 4.69) is 20.4 Å². The first-order valence-electron chi connectivity index (χ1n) is 3.58. The van der Waals surface area contributed by atoms with Crippen molar-refractivity contribution in [1.29, 1.82) is 0 Å². The normalized spacial score (nSPS) is 14.7. The molecule has 1 aliphatic heterocycles. The van der Waals surface area contributed by atoms with E-state index in [4.69, 9.17) is 11.6 Å². The molecule has 1 aromatic heterocycles. The fourth-order valence-electron chi connectivity index (χ4n) is 0.964. The van der Waals surface area contributed by atoms with Crippen LogP contribution in [0.3, 0.4) is 0 Å². The molecule has 5 N–H and O–H groups in total. The molecule has 0 saturated heterocycles. The number of rotatable bonds is 0. The lowest BCUT2D eigenvalue weighted by atomic mass is 10.5. The molecule has 0 spiro atoms. The van der Waals surface area contributed by atoms with Crippen LogP contribution in [0, 0.1) is 0 Å². The number of nitrogen functional groups attached to an aromatic ring is 1. The summed E-state index contributed by atoms with van der Waals surface area (Å²) >= 11 is 1.53. The third-order valence-electron chi connectivity index (χ3n) is 1.58. The first-order chi connectivity index (χ1) is 6.31. The summed E-state index contributed by atoms with van der Waals surface area (Å²) in [4.78, 5) is 12.1. The minimum Gasteiger partial charge on any atom is -0.382 e. The van der Waals surface area contributed by atoms with Gasteiger partial charge in [0.15, 0.2) is 5.82 Å². The standard InChI is InChI=1S/C6H8N6S/c7-5-4-6(10-2-9-5)13-1-3(11-4)12-8/h2H,1,8H2,(H,11,12)(H2,7,9,10). The molecule has 2 heterocycles. The molecule has 0 radical (unpaired) electrons. The molecule has 1 aromatic rings. The van der Waals surface area contributed by atoms with E-state index in [1.54, 1.807) is 0 Å². The van der Waals surface area contributed by atoms with Crippen LogP contribution >= 0.6 is 11.8 Å². The monoisotopic (exact) mass is 196 g/mol. The van der Waals surface area contributed by atoms with E-state index in [9.17, 15) is 0 Å². The topological polar surface area (TPSA) is 102 Å². The SMILES string of the molecule is NNC1=Nc2c(N)ncnc2SC1. The minimum atomic E-state index is 0.380. The number of thioether (sulfide) groups is 1. The molecule has 2 rings (SSSR count). The van der Waals surface area contributed by atoms with Gasteiger partial charge in [-0.15, -0.1) is 0 Å². The van der Waals surface area contributed by atoms with Crippen LogP contribution < -0.4 is 17.0 Å². The van der Waals surface area contributed by atoms with E-state index in [0.29, 0.717) is 23.1 Å². The third-order valence-corrected chi connectivity index (χ3v) is 2.57. The van der Waals surface area contributed by atoms with Crippen molar-refractivity contribution in [2.75, 3.05) is 11.5 Å². The molecule has 13 heavy (non-hydrogen) atoms. The van der Waals surface area contributed by atoms with Gasteiger partial charge in [0.25, 0.3) is 0 Å². The highest BCUT2D eigenvalue weighted by Gasteiger charge is 2.15. The maximum atomic E-state index is 5.62. The Morgan fingerprint density at radius 1 is 1.46 bits per heavy atom. The van der Waals surface area contributed by atoms with Gasteiger partial charge in [0, 0.05) is 0 Å². The second kappa shape index (κ2) is 3.19. The molecule has 0 aliphatic carbocycles.